The van der Waals surface area contributed by atoms with Gasteiger partial charge in [-0.2, -0.15) is 13.2 Å². The highest BCUT2D eigenvalue weighted by Gasteiger charge is 2.41. The maximum Gasteiger partial charge on any atom is 0.491 e. The van der Waals surface area contributed by atoms with E-state index in [1.54, 1.807) is 13.0 Å². The van der Waals surface area contributed by atoms with E-state index in [1.165, 1.54) is 30.6 Å². The zero-order valence-corrected chi connectivity index (χ0v) is 23.0. The fourth-order valence-corrected chi connectivity index (χ4v) is 6.33. The van der Waals surface area contributed by atoms with Gasteiger partial charge >= 0.3 is 12.1 Å². The molecule has 1 aliphatic rings. The maximum atomic E-state index is 13.2. The zero-order valence-electron chi connectivity index (χ0n) is 21.4. The number of esters is 1. The van der Waals surface area contributed by atoms with E-state index >= 15 is 0 Å². The Hall–Kier alpha value is -3.56. The first kappa shape index (κ1) is 29.4. The predicted molar refractivity (Wildman–Crippen MR) is 139 cm³/mol. The van der Waals surface area contributed by atoms with Crippen LogP contribution >= 0.6 is 11.3 Å². The van der Waals surface area contributed by atoms with Gasteiger partial charge in [-0.1, -0.05) is 24.2 Å². The second-order valence-electron chi connectivity index (χ2n) is 8.96. The van der Waals surface area contributed by atoms with E-state index in [0.29, 0.717) is 21.3 Å². The van der Waals surface area contributed by atoms with Crippen molar-refractivity contribution in [2.45, 2.75) is 50.2 Å². The van der Waals surface area contributed by atoms with Crippen molar-refractivity contribution in [1.82, 2.24) is 14.7 Å². The Bertz CT molecular complexity index is 1520. The Labute approximate surface area is 232 Å². The van der Waals surface area contributed by atoms with Crippen molar-refractivity contribution in [3.63, 3.8) is 0 Å². The van der Waals surface area contributed by atoms with E-state index in [0.717, 1.165) is 44.0 Å². The number of nitrogens with one attached hydrogen (secondary N) is 2. The summed E-state index contributed by atoms with van der Waals surface area (Å²) in [6.07, 6.45) is -0.387. The molecular weight excluding hydrogens is 573 g/mol. The number of alkyl halides is 3. The molecule has 0 bridgehead atoms. The van der Waals surface area contributed by atoms with Crippen LogP contribution in [0.2, 0.25) is 0 Å². The summed E-state index contributed by atoms with van der Waals surface area (Å²) in [5, 5.41) is 3.27. The summed E-state index contributed by atoms with van der Waals surface area (Å²) >= 11 is 1.22. The van der Waals surface area contributed by atoms with Crippen LogP contribution in [0.4, 0.5) is 18.3 Å². The third-order valence-corrected chi connectivity index (χ3v) is 8.69. The molecule has 40 heavy (non-hydrogen) atoms. The van der Waals surface area contributed by atoms with Gasteiger partial charge in [-0.15, -0.1) is 0 Å². The molecule has 2 heterocycles. The minimum Gasteiger partial charge on any atom is -0.495 e. The van der Waals surface area contributed by atoms with Gasteiger partial charge in [0, 0.05) is 18.2 Å². The monoisotopic (exact) mass is 598 g/mol. The topological polar surface area (TPSA) is 137 Å². The van der Waals surface area contributed by atoms with Gasteiger partial charge < -0.3 is 14.8 Å². The highest BCUT2D eigenvalue weighted by molar-refractivity contribution is 7.89. The van der Waals surface area contributed by atoms with Crippen molar-refractivity contribution < 1.29 is 40.7 Å². The number of aromatic nitrogens is 2. The molecule has 0 saturated heterocycles. The van der Waals surface area contributed by atoms with Gasteiger partial charge in [0.25, 0.3) is 0 Å². The molecule has 1 aromatic carbocycles. The number of benzene rings is 1. The Morgan fingerprint density at radius 3 is 2.55 bits per heavy atom. The molecule has 1 aliphatic carbocycles. The number of aryl methyl sites for hydroxylation is 1. The van der Waals surface area contributed by atoms with Crippen molar-refractivity contribution in [3.8, 4) is 21.9 Å². The number of ether oxygens (including phenoxy) is 2. The van der Waals surface area contributed by atoms with E-state index in [1.807, 2.05) is 0 Å². The maximum absolute atomic E-state index is 13.2. The first-order valence-electron chi connectivity index (χ1n) is 12.1. The second-order valence-corrected chi connectivity index (χ2v) is 11.7. The lowest BCUT2D eigenvalue weighted by molar-refractivity contribution is -0.189. The molecular formula is C25H25F3N4O6S2. The molecule has 2 N–H and O–H groups in total. The predicted octanol–water partition coefficient (Wildman–Crippen LogP) is 4.60. The number of sulfonamides is 1. The Balaban J connectivity index is 1.52. The molecule has 15 heteroatoms. The van der Waals surface area contributed by atoms with Gasteiger partial charge in [-0.3, -0.25) is 9.78 Å². The molecule has 3 aromatic rings. The number of thiazole rings is 1. The molecule has 0 radical (unpaired) electrons. The zero-order chi connectivity index (χ0) is 29.1. The van der Waals surface area contributed by atoms with Crippen LogP contribution in [0.1, 0.15) is 37.1 Å². The van der Waals surface area contributed by atoms with Crippen LogP contribution in [0.3, 0.4) is 0 Å². The summed E-state index contributed by atoms with van der Waals surface area (Å²) < 4.78 is 75.7. The summed E-state index contributed by atoms with van der Waals surface area (Å²) in [4.78, 5) is 32.4. The molecule has 1 amide bonds. The first-order valence-corrected chi connectivity index (χ1v) is 14.4. The standard InChI is InChI=1S/C25H25F3N4O6S2/c1-14-21(39-24(31-14)32-22(33)15-5-3-4-6-15)16-7-8-19(37-2)20(11-16)40(35,36)30-13-17-12-18(9-10-29-17)38-23(34)25(26,27)28/h7-12,15,30H,3-6,13H2,1-2H3,(H,31,32,33). The number of amides is 1. The summed E-state index contributed by atoms with van der Waals surface area (Å²) in [5.74, 6) is -2.92. The lowest BCUT2D eigenvalue weighted by atomic mass is 10.1. The average molecular weight is 599 g/mol. The van der Waals surface area contributed by atoms with Crippen molar-refractivity contribution >= 4 is 38.4 Å². The number of halogens is 3. The van der Waals surface area contributed by atoms with Crippen LogP contribution in [-0.2, 0) is 26.2 Å². The second kappa shape index (κ2) is 11.9. The normalized spacial score (nSPS) is 14.2. The smallest absolute Gasteiger partial charge is 0.491 e. The number of carbonyl (C=O) groups is 2. The number of anilines is 1. The number of pyridine rings is 1. The van der Waals surface area contributed by atoms with Crippen LogP contribution in [-0.4, -0.2) is 43.5 Å². The van der Waals surface area contributed by atoms with E-state index in [-0.39, 0.29) is 28.2 Å². The van der Waals surface area contributed by atoms with Crippen molar-refractivity contribution in [1.29, 1.82) is 0 Å². The fourth-order valence-electron chi connectivity index (χ4n) is 4.17. The molecule has 2 aromatic heterocycles. The van der Waals surface area contributed by atoms with Gasteiger partial charge in [-0.25, -0.2) is 22.9 Å². The number of carbonyl (C=O) groups excluding carboxylic acids is 2. The minimum absolute atomic E-state index is 0.00659. The van der Waals surface area contributed by atoms with Crippen LogP contribution in [0, 0.1) is 12.8 Å². The number of methoxy groups -OCH3 is 1. The molecule has 0 spiro atoms. The van der Waals surface area contributed by atoms with E-state index in [9.17, 15) is 31.2 Å². The summed E-state index contributed by atoms with van der Waals surface area (Å²) in [7, 11) is -2.91. The molecule has 10 nitrogen and oxygen atoms in total. The van der Waals surface area contributed by atoms with E-state index in [2.05, 4.69) is 24.7 Å². The van der Waals surface area contributed by atoms with E-state index < -0.39 is 34.5 Å². The number of nitrogens with zero attached hydrogens (tertiary/aromatic N) is 2. The quantitative estimate of drug-likeness (QED) is 0.341. The van der Waals surface area contributed by atoms with Gasteiger partial charge in [-0.05, 0) is 49.6 Å². The Morgan fingerprint density at radius 1 is 1.15 bits per heavy atom. The highest BCUT2D eigenvalue weighted by Crippen LogP contribution is 2.37. The van der Waals surface area contributed by atoms with Crippen LogP contribution in [0.15, 0.2) is 41.4 Å². The van der Waals surface area contributed by atoms with Gasteiger partial charge in [0.1, 0.15) is 16.4 Å². The van der Waals surface area contributed by atoms with Crippen LogP contribution in [0.5, 0.6) is 11.5 Å². The summed E-state index contributed by atoms with van der Waals surface area (Å²) in [6, 6.07) is 6.60. The number of hydrogen-bond acceptors (Lipinski definition) is 9. The largest absolute Gasteiger partial charge is 0.495 e. The highest BCUT2D eigenvalue weighted by atomic mass is 32.2. The molecule has 4 rings (SSSR count). The fraction of sp³-hybridized carbons (Fsp3) is 0.360. The Morgan fingerprint density at radius 2 is 1.88 bits per heavy atom. The summed E-state index contributed by atoms with van der Waals surface area (Å²) in [5.41, 5.74) is 1.13. The van der Waals surface area contributed by atoms with Crippen LogP contribution in [0.25, 0.3) is 10.4 Å². The lowest BCUT2D eigenvalue weighted by Crippen LogP contribution is -2.28. The first-order chi connectivity index (χ1) is 18.9. The molecule has 1 fully saturated rings. The third kappa shape index (κ3) is 6.95. The molecule has 0 atom stereocenters. The van der Waals surface area contributed by atoms with Crippen LogP contribution < -0.4 is 19.5 Å². The van der Waals surface area contributed by atoms with Crippen molar-refractivity contribution in [3.05, 3.63) is 47.9 Å². The van der Waals surface area contributed by atoms with Crippen molar-refractivity contribution in [2.24, 2.45) is 5.92 Å². The molecule has 0 unspecified atom stereocenters. The summed E-state index contributed by atoms with van der Waals surface area (Å²) in [6.45, 7) is 1.34. The minimum atomic E-state index is -5.19. The van der Waals surface area contributed by atoms with E-state index in [4.69, 9.17) is 4.74 Å². The number of rotatable bonds is 9. The van der Waals surface area contributed by atoms with Gasteiger partial charge in [0.2, 0.25) is 15.9 Å². The average Bonchev–Trinajstić information content (AvgIpc) is 3.57. The molecule has 214 valence electrons. The molecule has 1 saturated carbocycles. The Kier molecular flexibility index (Phi) is 8.75. The SMILES string of the molecule is COc1ccc(-c2sc(NC(=O)C3CCCC3)nc2C)cc1S(=O)(=O)NCc1cc(OC(=O)C(F)(F)F)ccn1. The van der Waals surface area contributed by atoms with Crippen molar-refractivity contribution in [2.75, 3.05) is 12.4 Å². The number of hydrogen-bond donors (Lipinski definition) is 2. The third-order valence-electron chi connectivity index (χ3n) is 6.14. The van der Waals surface area contributed by atoms with Gasteiger partial charge in [0.15, 0.2) is 5.13 Å². The van der Waals surface area contributed by atoms with Gasteiger partial charge in [0.05, 0.1) is 29.9 Å². The molecule has 0 aliphatic heterocycles. The lowest BCUT2D eigenvalue weighted by Gasteiger charge is -2.13.